The van der Waals surface area contributed by atoms with E-state index in [4.69, 9.17) is 14.2 Å². The zero-order valence-electron chi connectivity index (χ0n) is 27.1. The van der Waals surface area contributed by atoms with Crippen molar-refractivity contribution in [1.82, 2.24) is 9.88 Å². The summed E-state index contributed by atoms with van der Waals surface area (Å²) in [4.78, 5) is 44.5. The van der Waals surface area contributed by atoms with Gasteiger partial charge in [-0.1, -0.05) is 12.1 Å². The minimum Gasteiger partial charge on any atom is -0.490 e. The van der Waals surface area contributed by atoms with Gasteiger partial charge in [-0.3, -0.25) is 10.1 Å². The van der Waals surface area contributed by atoms with E-state index in [1.54, 1.807) is 68.1 Å². The molecule has 1 aromatic heterocycles. The van der Waals surface area contributed by atoms with E-state index in [0.29, 0.717) is 47.2 Å². The monoisotopic (exact) mass is 604 g/mol. The molecule has 3 rings (SSSR count). The van der Waals surface area contributed by atoms with Gasteiger partial charge in [0.05, 0.1) is 11.7 Å². The van der Waals surface area contributed by atoms with E-state index in [0.717, 1.165) is 5.56 Å². The lowest BCUT2D eigenvalue weighted by atomic mass is 10.1. The maximum atomic E-state index is 13.3. The summed E-state index contributed by atoms with van der Waals surface area (Å²) in [5.41, 5.74) is 1.49. The Morgan fingerprint density at radius 1 is 0.909 bits per heavy atom. The summed E-state index contributed by atoms with van der Waals surface area (Å²) in [5.74, 6) is 0.915. The van der Waals surface area contributed by atoms with E-state index in [2.05, 4.69) is 15.6 Å². The number of carbonyl (C=O) groups excluding carboxylic acids is 3. The summed E-state index contributed by atoms with van der Waals surface area (Å²) in [7, 11) is 0. The normalized spacial score (nSPS) is 11.5. The molecule has 3 amide bonds. The second-order valence-corrected chi connectivity index (χ2v) is 12.7. The Morgan fingerprint density at radius 2 is 1.59 bits per heavy atom. The molecule has 0 aliphatic carbocycles. The molecule has 2 N–H and O–H groups in total. The summed E-state index contributed by atoms with van der Waals surface area (Å²) < 4.78 is 16.8. The number of ether oxygens (including phenoxy) is 3. The van der Waals surface area contributed by atoms with Crippen LogP contribution in [0.15, 0.2) is 60.7 Å². The van der Waals surface area contributed by atoms with Gasteiger partial charge in [0, 0.05) is 29.9 Å². The molecule has 10 nitrogen and oxygen atoms in total. The summed E-state index contributed by atoms with van der Waals surface area (Å²) in [6.45, 7) is 17.2. The summed E-state index contributed by atoms with van der Waals surface area (Å²) >= 11 is 0. The fourth-order valence-electron chi connectivity index (χ4n) is 4.15. The molecule has 0 saturated carbocycles. The fraction of sp³-hybridized carbons (Fsp3) is 0.412. The maximum Gasteiger partial charge on any atom is 0.415 e. The van der Waals surface area contributed by atoms with Crippen LogP contribution in [0.4, 0.5) is 21.1 Å². The minimum absolute atomic E-state index is 0.0763. The van der Waals surface area contributed by atoms with Crippen molar-refractivity contribution >= 4 is 29.6 Å². The predicted octanol–water partition coefficient (Wildman–Crippen LogP) is 7.62. The van der Waals surface area contributed by atoms with E-state index in [9.17, 15) is 14.4 Å². The number of rotatable bonds is 9. The van der Waals surface area contributed by atoms with E-state index < -0.39 is 23.3 Å². The average molecular weight is 605 g/mol. The van der Waals surface area contributed by atoms with Crippen molar-refractivity contribution in [3.05, 3.63) is 77.5 Å². The summed E-state index contributed by atoms with van der Waals surface area (Å²) in [6, 6.07) is 17.3. The molecule has 0 fully saturated rings. The van der Waals surface area contributed by atoms with E-state index in [-0.39, 0.29) is 12.0 Å². The van der Waals surface area contributed by atoms with Crippen molar-refractivity contribution < 1.29 is 28.6 Å². The molecule has 0 saturated heterocycles. The second kappa shape index (κ2) is 14.2. The zero-order valence-corrected chi connectivity index (χ0v) is 27.1. The largest absolute Gasteiger partial charge is 0.490 e. The number of aryl methyl sites for hydroxylation is 1. The SMILES string of the molecule is Cc1ccc(C(=O)Nc2ccc(OC(=O)N(CCc3cccc(NC(=O)OC(C)(C)C)n3)C(C)(C)C)cc2)c(OC(C)C)c1. The van der Waals surface area contributed by atoms with Crippen molar-refractivity contribution in [2.24, 2.45) is 0 Å². The van der Waals surface area contributed by atoms with E-state index >= 15 is 0 Å². The lowest BCUT2D eigenvalue weighted by Gasteiger charge is -2.34. The van der Waals surface area contributed by atoms with Crippen molar-refractivity contribution in [2.75, 3.05) is 17.2 Å². The smallest absolute Gasteiger partial charge is 0.415 e. The van der Waals surface area contributed by atoms with Crippen molar-refractivity contribution in [1.29, 1.82) is 0 Å². The van der Waals surface area contributed by atoms with Gasteiger partial charge in [0.25, 0.3) is 5.91 Å². The molecule has 0 aliphatic rings. The third kappa shape index (κ3) is 10.6. The first-order chi connectivity index (χ1) is 20.5. The Morgan fingerprint density at radius 3 is 2.20 bits per heavy atom. The number of pyridine rings is 1. The van der Waals surface area contributed by atoms with Crippen LogP contribution in [0, 0.1) is 6.92 Å². The third-order valence-electron chi connectivity index (χ3n) is 6.12. The lowest BCUT2D eigenvalue weighted by molar-refractivity contribution is 0.0635. The number of nitrogens with one attached hydrogen (secondary N) is 2. The van der Waals surface area contributed by atoms with Crippen LogP contribution in [0.5, 0.6) is 11.5 Å². The lowest BCUT2D eigenvalue weighted by Crippen LogP contribution is -2.48. The number of carbonyl (C=O) groups is 3. The van der Waals surface area contributed by atoms with Crippen LogP contribution in [0.25, 0.3) is 0 Å². The van der Waals surface area contributed by atoms with Gasteiger partial charge in [-0.05, 0) is 116 Å². The van der Waals surface area contributed by atoms with Crippen LogP contribution in [0.3, 0.4) is 0 Å². The molecule has 0 aliphatic heterocycles. The van der Waals surface area contributed by atoms with Crippen molar-refractivity contribution in [3.63, 3.8) is 0 Å². The van der Waals surface area contributed by atoms with Crippen LogP contribution in [0.1, 0.15) is 77.0 Å². The number of anilines is 2. The third-order valence-corrected chi connectivity index (χ3v) is 6.12. The highest BCUT2D eigenvalue weighted by molar-refractivity contribution is 6.06. The topological polar surface area (TPSA) is 119 Å². The maximum absolute atomic E-state index is 13.3. The Bertz CT molecular complexity index is 1460. The summed E-state index contributed by atoms with van der Waals surface area (Å²) in [6.07, 6.45) is -0.754. The number of benzene rings is 2. The molecular weight excluding hydrogens is 560 g/mol. The molecule has 2 aromatic carbocycles. The van der Waals surface area contributed by atoms with Crippen molar-refractivity contribution in [2.45, 2.75) is 86.0 Å². The highest BCUT2D eigenvalue weighted by Crippen LogP contribution is 2.25. The molecule has 3 aromatic rings. The highest BCUT2D eigenvalue weighted by Gasteiger charge is 2.28. The van der Waals surface area contributed by atoms with Gasteiger partial charge < -0.3 is 24.4 Å². The molecular formula is C34H44N4O6. The number of hydrogen-bond acceptors (Lipinski definition) is 7. The number of hydrogen-bond donors (Lipinski definition) is 2. The standard InChI is InChI=1S/C34H44N4O6/c1-22(2)42-28-21-23(3)13-18-27(28)30(39)36-25-14-16-26(17-15-25)43-32(41)38(33(4,5)6)20-19-24-11-10-12-29(35-24)37-31(40)44-34(7,8)9/h10-18,21-22H,19-20H2,1-9H3,(H,36,39)(H,35,37,40). The average Bonchev–Trinajstić information content (AvgIpc) is 2.88. The zero-order chi connectivity index (χ0) is 32.7. The first-order valence-corrected chi connectivity index (χ1v) is 14.6. The van der Waals surface area contributed by atoms with Gasteiger partial charge in [-0.15, -0.1) is 0 Å². The Labute approximate surface area is 260 Å². The van der Waals surface area contributed by atoms with Crippen LogP contribution in [0.2, 0.25) is 0 Å². The van der Waals surface area contributed by atoms with Crippen LogP contribution in [-0.2, 0) is 11.2 Å². The second-order valence-electron chi connectivity index (χ2n) is 12.7. The van der Waals surface area contributed by atoms with Crippen LogP contribution in [-0.4, -0.2) is 51.8 Å². The molecule has 44 heavy (non-hydrogen) atoms. The molecule has 10 heteroatoms. The molecule has 0 unspecified atom stereocenters. The molecule has 0 spiro atoms. The Balaban J connectivity index is 1.63. The minimum atomic E-state index is -0.627. The van der Waals surface area contributed by atoms with Gasteiger partial charge in [0.2, 0.25) is 0 Å². The van der Waals surface area contributed by atoms with Crippen molar-refractivity contribution in [3.8, 4) is 11.5 Å². The number of nitrogens with zero attached hydrogens (tertiary/aromatic N) is 2. The highest BCUT2D eigenvalue weighted by atomic mass is 16.6. The van der Waals surface area contributed by atoms with Gasteiger partial charge in [-0.25, -0.2) is 14.6 Å². The number of aromatic nitrogens is 1. The first kappa shape index (κ1) is 33.9. The molecule has 236 valence electrons. The molecule has 0 radical (unpaired) electrons. The van der Waals surface area contributed by atoms with Crippen LogP contribution < -0.4 is 20.1 Å². The molecule has 1 heterocycles. The van der Waals surface area contributed by atoms with Gasteiger partial charge in [0.1, 0.15) is 22.9 Å². The fourth-order valence-corrected chi connectivity index (χ4v) is 4.15. The van der Waals surface area contributed by atoms with Crippen LogP contribution >= 0.6 is 0 Å². The van der Waals surface area contributed by atoms with Gasteiger partial charge >= 0.3 is 12.2 Å². The Kier molecular flexibility index (Phi) is 11.0. The van der Waals surface area contributed by atoms with Gasteiger partial charge in [0.15, 0.2) is 0 Å². The number of amides is 3. The quantitative estimate of drug-likeness (QED) is 0.258. The van der Waals surface area contributed by atoms with E-state index in [1.807, 2.05) is 59.7 Å². The van der Waals surface area contributed by atoms with Gasteiger partial charge in [-0.2, -0.15) is 0 Å². The predicted molar refractivity (Wildman–Crippen MR) is 172 cm³/mol. The Hall–Kier alpha value is -4.60. The summed E-state index contributed by atoms with van der Waals surface area (Å²) in [5, 5.41) is 5.51. The first-order valence-electron chi connectivity index (χ1n) is 14.6. The molecule has 0 bridgehead atoms. The van der Waals surface area contributed by atoms with E-state index in [1.165, 1.54) is 0 Å². The molecule has 0 atom stereocenters.